The van der Waals surface area contributed by atoms with E-state index in [2.05, 4.69) is 4.98 Å². The van der Waals surface area contributed by atoms with Gasteiger partial charge >= 0.3 is 0 Å². The van der Waals surface area contributed by atoms with Gasteiger partial charge in [0, 0.05) is 22.8 Å². The molecule has 1 heterocycles. The van der Waals surface area contributed by atoms with Gasteiger partial charge in [0.15, 0.2) is 0 Å². The van der Waals surface area contributed by atoms with Crippen LogP contribution in [0.2, 0.25) is 10.2 Å². The van der Waals surface area contributed by atoms with E-state index in [-0.39, 0.29) is 0 Å². The van der Waals surface area contributed by atoms with Crippen molar-refractivity contribution in [3.8, 4) is 0 Å². The van der Waals surface area contributed by atoms with Gasteiger partial charge in [-0.1, -0.05) is 35.3 Å². The molecule has 2 aromatic rings. The first-order valence-corrected chi connectivity index (χ1v) is 5.30. The van der Waals surface area contributed by atoms with Crippen LogP contribution >= 0.6 is 34.8 Å². The molecule has 1 nitrogen and oxygen atoms in total. The van der Waals surface area contributed by atoms with Crippen molar-refractivity contribution in [1.29, 1.82) is 0 Å². The molecule has 2 rings (SSSR count). The predicted octanol–water partition coefficient (Wildman–Crippen LogP) is 4.28. The maximum absolute atomic E-state index is 5.97. The summed E-state index contributed by atoms with van der Waals surface area (Å²) < 4.78 is 0. The Kier molecular flexibility index (Phi) is 2.82. The third kappa shape index (κ3) is 1.68. The van der Waals surface area contributed by atoms with Crippen LogP contribution < -0.4 is 0 Å². The zero-order chi connectivity index (χ0) is 10.1. The molecule has 0 amide bonds. The number of alkyl halides is 1. The lowest BCUT2D eigenvalue weighted by molar-refractivity contribution is 1.35. The molecule has 0 aliphatic heterocycles. The van der Waals surface area contributed by atoms with Crippen molar-refractivity contribution < 1.29 is 0 Å². The summed E-state index contributed by atoms with van der Waals surface area (Å²) in [7, 11) is 0. The van der Waals surface area contributed by atoms with E-state index < -0.39 is 0 Å². The van der Waals surface area contributed by atoms with E-state index in [1.165, 1.54) is 0 Å². The third-order valence-corrected chi connectivity index (χ3v) is 2.92. The zero-order valence-corrected chi connectivity index (χ0v) is 9.37. The minimum atomic E-state index is 0.455. The second-order valence-electron chi connectivity index (χ2n) is 2.91. The molecule has 0 bridgehead atoms. The molecule has 0 fully saturated rings. The van der Waals surface area contributed by atoms with E-state index in [0.29, 0.717) is 16.1 Å². The highest BCUT2D eigenvalue weighted by Gasteiger charge is 2.04. The second kappa shape index (κ2) is 3.93. The van der Waals surface area contributed by atoms with Crippen molar-refractivity contribution in [2.75, 3.05) is 0 Å². The lowest BCUT2D eigenvalue weighted by Gasteiger charge is -2.03. The fourth-order valence-corrected chi connectivity index (χ4v) is 1.89. The van der Waals surface area contributed by atoms with Crippen LogP contribution in [0.3, 0.4) is 0 Å². The first-order chi connectivity index (χ1) is 6.72. The SMILES string of the molecule is ClCc1ccc2c(Cl)cnc(Cl)c2c1. The van der Waals surface area contributed by atoms with Crippen LogP contribution in [0.15, 0.2) is 24.4 Å². The topological polar surface area (TPSA) is 12.9 Å². The first kappa shape index (κ1) is 10.0. The van der Waals surface area contributed by atoms with E-state index in [9.17, 15) is 0 Å². The maximum Gasteiger partial charge on any atom is 0.136 e. The Balaban J connectivity index is 2.80. The van der Waals surface area contributed by atoms with E-state index in [4.69, 9.17) is 34.8 Å². The Morgan fingerprint density at radius 1 is 1.14 bits per heavy atom. The maximum atomic E-state index is 5.97. The van der Waals surface area contributed by atoms with Gasteiger partial charge in [-0.3, -0.25) is 0 Å². The van der Waals surface area contributed by atoms with Gasteiger partial charge in [-0.25, -0.2) is 4.98 Å². The zero-order valence-electron chi connectivity index (χ0n) is 7.10. The van der Waals surface area contributed by atoms with Gasteiger partial charge in [-0.2, -0.15) is 0 Å². The Labute approximate surface area is 96.6 Å². The highest BCUT2D eigenvalue weighted by molar-refractivity contribution is 6.39. The first-order valence-electron chi connectivity index (χ1n) is 4.01. The van der Waals surface area contributed by atoms with Crippen molar-refractivity contribution in [2.24, 2.45) is 0 Å². The fraction of sp³-hybridized carbons (Fsp3) is 0.100. The van der Waals surface area contributed by atoms with Gasteiger partial charge in [0.05, 0.1) is 5.02 Å². The molecule has 4 heteroatoms. The summed E-state index contributed by atoms with van der Waals surface area (Å²) >= 11 is 17.6. The molecule has 0 unspecified atom stereocenters. The minimum absolute atomic E-state index is 0.455. The Hall–Kier alpha value is -0.500. The molecule has 14 heavy (non-hydrogen) atoms. The van der Waals surface area contributed by atoms with Gasteiger partial charge in [0.25, 0.3) is 0 Å². The summed E-state index contributed by atoms with van der Waals surface area (Å²) in [6.45, 7) is 0. The summed E-state index contributed by atoms with van der Waals surface area (Å²) in [5, 5.41) is 2.81. The molecular formula is C10H6Cl3N. The van der Waals surface area contributed by atoms with Crippen molar-refractivity contribution >= 4 is 45.6 Å². The normalized spacial score (nSPS) is 10.8. The number of aromatic nitrogens is 1. The number of nitrogens with zero attached hydrogens (tertiary/aromatic N) is 1. The van der Waals surface area contributed by atoms with E-state index in [1.54, 1.807) is 6.20 Å². The third-order valence-electron chi connectivity index (χ3n) is 2.01. The molecule has 0 radical (unpaired) electrons. The van der Waals surface area contributed by atoms with Crippen molar-refractivity contribution in [1.82, 2.24) is 4.98 Å². The van der Waals surface area contributed by atoms with Crippen molar-refractivity contribution in [3.63, 3.8) is 0 Å². The van der Waals surface area contributed by atoms with Gasteiger partial charge in [-0.05, 0) is 11.6 Å². The van der Waals surface area contributed by atoms with Gasteiger partial charge in [-0.15, -0.1) is 11.6 Å². The van der Waals surface area contributed by atoms with E-state index >= 15 is 0 Å². The lowest BCUT2D eigenvalue weighted by Crippen LogP contribution is -1.83. The molecule has 0 saturated heterocycles. The number of hydrogen-bond acceptors (Lipinski definition) is 1. The van der Waals surface area contributed by atoms with Gasteiger partial charge in [0.1, 0.15) is 5.15 Å². The van der Waals surface area contributed by atoms with Crippen LogP contribution in [0.1, 0.15) is 5.56 Å². The molecule has 72 valence electrons. The molecule has 0 aliphatic rings. The summed E-state index contributed by atoms with van der Waals surface area (Å²) in [4.78, 5) is 3.97. The van der Waals surface area contributed by atoms with E-state index in [0.717, 1.165) is 16.3 Å². The number of hydrogen-bond donors (Lipinski definition) is 0. The van der Waals surface area contributed by atoms with Crippen molar-refractivity contribution in [2.45, 2.75) is 5.88 Å². The number of fused-ring (bicyclic) bond motifs is 1. The molecule has 0 N–H and O–H groups in total. The molecule has 0 spiro atoms. The Bertz CT molecular complexity index is 482. The molecule has 1 aromatic heterocycles. The molecule has 0 saturated carbocycles. The summed E-state index contributed by atoms with van der Waals surface area (Å²) in [6, 6.07) is 5.74. The van der Waals surface area contributed by atoms with Gasteiger partial charge < -0.3 is 0 Å². The monoisotopic (exact) mass is 245 g/mol. The average molecular weight is 247 g/mol. The quantitative estimate of drug-likeness (QED) is 0.540. The van der Waals surface area contributed by atoms with Crippen LogP contribution in [-0.4, -0.2) is 4.98 Å². The number of rotatable bonds is 1. The Morgan fingerprint density at radius 3 is 2.64 bits per heavy atom. The Morgan fingerprint density at radius 2 is 1.93 bits per heavy atom. The summed E-state index contributed by atoms with van der Waals surface area (Å²) in [6.07, 6.45) is 1.55. The molecular weight excluding hydrogens is 240 g/mol. The highest BCUT2D eigenvalue weighted by Crippen LogP contribution is 2.28. The van der Waals surface area contributed by atoms with Crippen LogP contribution in [-0.2, 0) is 5.88 Å². The summed E-state index contributed by atoms with van der Waals surface area (Å²) in [5.74, 6) is 0.457. The second-order valence-corrected chi connectivity index (χ2v) is 3.94. The fourth-order valence-electron chi connectivity index (χ4n) is 1.31. The summed E-state index contributed by atoms with van der Waals surface area (Å²) in [5.41, 5.74) is 1.00. The van der Waals surface area contributed by atoms with E-state index in [1.807, 2.05) is 18.2 Å². The largest absolute Gasteiger partial charge is 0.242 e. The highest BCUT2D eigenvalue weighted by atomic mass is 35.5. The molecule has 0 atom stereocenters. The minimum Gasteiger partial charge on any atom is -0.242 e. The average Bonchev–Trinajstić information content (AvgIpc) is 2.23. The lowest BCUT2D eigenvalue weighted by atomic mass is 10.1. The molecule has 1 aromatic carbocycles. The number of halogens is 3. The standard InChI is InChI=1S/C10H6Cl3N/c11-4-6-1-2-7-8(3-6)10(13)14-5-9(7)12/h1-3,5H,4H2. The van der Waals surface area contributed by atoms with Crippen LogP contribution in [0, 0.1) is 0 Å². The number of benzene rings is 1. The van der Waals surface area contributed by atoms with Crippen LogP contribution in [0.25, 0.3) is 10.8 Å². The number of pyridine rings is 1. The van der Waals surface area contributed by atoms with Gasteiger partial charge in [0.2, 0.25) is 0 Å². The van der Waals surface area contributed by atoms with Crippen LogP contribution in [0.4, 0.5) is 0 Å². The smallest absolute Gasteiger partial charge is 0.136 e. The molecule has 0 aliphatic carbocycles. The predicted molar refractivity (Wildman–Crippen MR) is 61.3 cm³/mol. The van der Waals surface area contributed by atoms with Crippen LogP contribution in [0.5, 0.6) is 0 Å². The van der Waals surface area contributed by atoms with Crippen molar-refractivity contribution in [3.05, 3.63) is 40.1 Å².